The van der Waals surface area contributed by atoms with Crippen LogP contribution in [0.2, 0.25) is 0 Å². The number of aliphatic hydroxyl groups is 1. The summed E-state index contributed by atoms with van der Waals surface area (Å²) < 4.78 is 0. The summed E-state index contributed by atoms with van der Waals surface area (Å²) in [5.74, 6) is 0. The SMILES string of the molecule is C=CCN(C)C1CCNc2c(CO)cccc21. The lowest BCUT2D eigenvalue weighted by Crippen LogP contribution is -2.30. The number of aliphatic hydroxyl groups excluding tert-OH is 1. The predicted molar refractivity (Wildman–Crippen MR) is 71.0 cm³/mol. The van der Waals surface area contributed by atoms with Gasteiger partial charge in [-0.05, 0) is 19.0 Å². The van der Waals surface area contributed by atoms with Gasteiger partial charge in [-0.25, -0.2) is 0 Å². The van der Waals surface area contributed by atoms with Gasteiger partial charge in [0.1, 0.15) is 0 Å². The van der Waals surface area contributed by atoms with Crippen LogP contribution in [0.25, 0.3) is 0 Å². The third-order valence-corrected chi connectivity index (χ3v) is 3.38. The standard InChI is InChI=1S/C14H20N2O/c1-3-9-16(2)13-7-8-15-14-11(10-17)5-4-6-12(13)14/h3-6,13,15,17H,1,7-10H2,2H3. The van der Waals surface area contributed by atoms with Crippen LogP contribution in [0, 0.1) is 0 Å². The molecular weight excluding hydrogens is 212 g/mol. The van der Waals surface area contributed by atoms with Crippen LogP contribution in [0.1, 0.15) is 23.6 Å². The fraction of sp³-hybridized carbons (Fsp3) is 0.429. The summed E-state index contributed by atoms with van der Waals surface area (Å²) in [5, 5.41) is 12.7. The van der Waals surface area contributed by atoms with Gasteiger partial charge in [-0.3, -0.25) is 4.90 Å². The molecule has 0 radical (unpaired) electrons. The van der Waals surface area contributed by atoms with Crippen molar-refractivity contribution in [2.75, 3.05) is 25.5 Å². The maximum Gasteiger partial charge on any atom is 0.0702 e. The van der Waals surface area contributed by atoms with E-state index >= 15 is 0 Å². The molecule has 17 heavy (non-hydrogen) atoms. The Hall–Kier alpha value is -1.32. The van der Waals surface area contributed by atoms with Crippen molar-refractivity contribution in [3.63, 3.8) is 0 Å². The Balaban J connectivity index is 2.34. The number of rotatable bonds is 4. The van der Waals surface area contributed by atoms with Crippen LogP contribution in [-0.4, -0.2) is 30.1 Å². The van der Waals surface area contributed by atoms with E-state index in [-0.39, 0.29) is 6.61 Å². The molecule has 1 aliphatic rings. The number of benzene rings is 1. The first-order chi connectivity index (χ1) is 8.27. The van der Waals surface area contributed by atoms with E-state index in [2.05, 4.69) is 29.9 Å². The molecule has 1 aliphatic heterocycles. The van der Waals surface area contributed by atoms with Crippen molar-refractivity contribution in [1.29, 1.82) is 0 Å². The highest BCUT2D eigenvalue weighted by molar-refractivity contribution is 5.60. The fourth-order valence-electron chi connectivity index (χ4n) is 2.52. The largest absolute Gasteiger partial charge is 0.392 e. The summed E-state index contributed by atoms with van der Waals surface area (Å²) in [5.41, 5.74) is 3.38. The van der Waals surface area contributed by atoms with Crippen LogP contribution in [-0.2, 0) is 6.61 Å². The van der Waals surface area contributed by atoms with Gasteiger partial charge in [-0.2, -0.15) is 0 Å². The van der Waals surface area contributed by atoms with Crippen molar-refractivity contribution in [3.05, 3.63) is 42.0 Å². The second-order valence-electron chi connectivity index (χ2n) is 4.50. The van der Waals surface area contributed by atoms with Gasteiger partial charge in [0.05, 0.1) is 6.61 Å². The molecule has 3 heteroatoms. The molecule has 1 aromatic rings. The minimum Gasteiger partial charge on any atom is -0.392 e. The van der Waals surface area contributed by atoms with Gasteiger partial charge >= 0.3 is 0 Å². The van der Waals surface area contributed by atoms with Crippen molar-refractivity contribution >= 4 is 5.69 Å². The molecule has 1 heterocycles. The van der Waals surface area contributed by atoms with Gasteiger partial charge in [0.25, 0.3) is 0 Å². The van der Waals surface area contributed by atoms with Crippen LogP contribution in [0.3, 0.4) is 0 Å². The Labute approximate surface area is 103 Å². The van der Waals surface area contributed by atoms with Gasteiger partial charge < -0.3 is 10.4 Å². The van der Waals surface area contributed by atoms with E-state index in [4.69, 9.17) is 0 Å². The van der Waals surface area contributed by atoms with E-state index in [9.17, 15) is 5.11 Å². The topological polar surface area (TPSA) is 35.5 Å². The Morgan fingerprint density at radius 3 is 3.12 bits per heavy atom. The molecule has 2 N–H and O–H groups in total. The molecular formula is C14H20N2O. The monoisotopic (exact) mass is 232 g/mol. The highest BCUT2D eigenvalue weighted by Crippen LogP contribution is 2.35. The molecule has 0 spiro atoms. The molecule has 2 rings (SSSR count). The predicted octanol–water partition coefficient (Wildman–Crippen LogP) is 2.15. The molecule has 0 aliphatic carbocycles. The average molecular weight is 232 g/mol. The molecule has 3 nitrogen and oxygen atoms in total. The van der Waals surface area contributed by atoms with Crippen LogP contribution >= 0.6 is 0 Å². The highest BCUT2D eigenvalue weighted by atomic mass is 16.3. The van der Waals surface area contributed by atoms with E-state index in [1.165, 1.54) is 5.56 Å². The Morgan fingerprint density at radius 1 is 1.59 bits per heavy atom. The third kappa shape index (κ3) is 2.35. The second kappa shape index (κ2) is 5.34. The van der Waals surface area contributed by atoms with Crippen LogP contribution in [0.5, 0.6) is 0 Å². The first-order valence-corrected chi connectivity index (χ1v) is 6.05. The summed E-state index contributed by atoms with van der Waals surface area (Å²) in [6.45, 7) is 5.72. The van der Waals surface area contributed by atoms with Crippen LogP contribution < -0.4 is 5.32 Å². The Kier molecular flexibility index (Phi) is 3.82. The summed E-state index contributed by atoms with van der Waals surface area (Å²) in [4.78, 5) is 2.30. The number of nitrogens with one attached hydrogen (secondary N) is 1. The molecule has 92 valence electrons. The van der Waals surface area contributed by atoms with E-state index in [1.807, 2.05) is 18.2 Å². The molecule has 0 fully saturated rings. The zero-order valence-corrected chi connectivity index (χ0v) is 10.3. The molecule has 0 aromatic heterocycles. The Bertz CT molecular complexity index is 403. The number of hydrogen-bond donors (Lipinski definition) is 2. The van der Waals surface area contributed by atoms with E-state index in [0.29, 0.717) is 6.04 Å². The fourth-order valence-corrected chi connectivity index (χ4v) is 2.52. The van der Waals surface area contributed by atoms with Gasteiger partial charge in [0, 0.05) is 30.4 Å². The van der Waals surface area contributed by atoms with E-state index in [0.717, 1.165) is 30.8 Å². The summed E-state index contributed by atoms with van der Waals surface area (Å²) in [6.07, 6.45) is 3.02. The normalized spacial score (nSPS) is 18.6. The molecule has 0 saturated heterocycles. The summed E-state index contributed by atoms with van der Waals surface area (Å²) in [7, 11) is 2.12. The molecule has 1 aromatic carbocycles. The van der Waals surface area contributed by atoms with Gasteiger partial charge in [0.15, 0.2) is 0 Å². The summed E-state index contributed by atoms with van der Waals surface area (Å²) >= 11 is 0. The maximum atomic E-state index is 9.35. The summed E-state index contributed by atoms with van der Waals surface area (Å²) in [6, 6.07) is 6.55. The first-order valence-electron chi connectivity index (χ1n) is 6.05. The second-order valence-corrected chi connectivity index (χ2v) is 4.50. The average Bonchev–Trinajstić information content (AvgIpc) is 2.37. The Morgan fingerprint density at radius 2 is 2.41 bits per heavy atom. The lowest BCUT2D eigenvalue weighted by molar-refractivity contribution is 0.255. The van der Waals surface area contributed by atoms with Crippen molar-refractivity contribution in [2.24, 2.45) is 0 Å². The first kappa shape index (κ1) is 12.1. The van der Waals surface area contributed by atoms with E-state index < -0.39 is 0 Å². The number of nitrogens with zero attached hydrogens (tertiary/aromatic N) is 1. The van der Waals surface area contributed by atoms with Crippen molar-refractivity contribution < 1.29 is 5.11 Å². The quantitative estimate of drug-likeness (QED) is 0.781. The van der Waals surface area contributed by atoms with Crippen LogP contribution in [0.15, 0.2) is 30.9 Å². The molecule has 1 atom stereocenters. The minimum absolute atomic E-state index is 0.0913. The lowest BCUT2D eigenvalue weighted by atomic mass is 9.94. The van der Waals surface area contributed by atoms with Crippen LogP contribution in [0.4, 0.5) is 5.69 Å². The lowest BCUT2D eigenvalue weighted by Gasteiger charge is -2.34. The zero-order valence-electron chi connectivity index (χ0n) is 10.3. The third-order valence-electron chi connectivity index (χ3n) is 3.38. The molecule has 1 unspecified atom stereocenters. The van der Waals surface area contributed by atoms with Gasteiger partial charge in [-0.15, -0.1) is 6.58 Å². The van der Waals surface area contributed by atoms with Crippen molar-refractivity contribution in [3.8, 4) is 0 Å². The number of anilines is 1. The zero-order chi connectivity index (χ0) is 12.3. The van der Waals surface area contributed by atoms with Gasteiger partial charge in [0.2, 0.25) is 0 Å². The number of hydrogen-bond acceptors (Lipinski definition) is 3. The molecule has 0 amide bonds. The maximum absolute atomic E-state index is 9.35. The number of fused-ring (bicyclic) bond motifs is 1. The molecule has 0 saturated carbocycles. The molecule has 0 bridgehead atoms. The number of para-hydroxylation sites is 1. The smallest absolute Gasteiger partial charge is 0.0702 e. The minimum atomic E-state index is 0.0913. The van der Waals surface area contributed by atoms with Gasteiger partial charge in [-0.1, -0.05) is 24.3 Å². The van der Waals surface area contributed by atoms with E-state index in [1.54, 1.807) is 0 Å². The highest BCUT2D eigenvalue weighted by Gasteiger charge is 2.24. The number of likely N-dealkylation sites (N-methyl/N-ethyl adjacent to an activating group) is 1. The van der Waals surface area contributed by atoms with Crippen molar-refractivity contribution in [2.45, 2.75) is 19.1 Å². The van der Waals surface area contributed by atoms with Crippen molar-refractivity contribution in [1.82, 2.24) is 4.90 Å².